The number of hydrazine groups is 1. The van der Waals surface area contributed by atoms with Crippen LogP contribution in [0.25, 0.3) is 0 Å². The quantitative estimate of drug-likeness (QED) is 0.670. The molecule has 0 bridgehead atoms. The summed E-state index contributed by atoms with van der Waals surface area (Å²) in [6, 6.07) is 3.25. The number of amides is 2. The number of nitrogens with zero attached hydrogens (tertiary/aromatic N) is 1. The molecule has 28 heavy (non-hydrogen) atoms. The third kappa shape index (κ3) is 3.87. The number of halogens is 2. The molecule has 1 aromatic carbocycles. The Kier molecular flexibility index (Phi) is 5.56. The molecular weight excluding hydrogens is 370 g/mol. The fourth-order valence-corrected chi connectivity index (χ4v) is 4.31. The SMILES string of the molecule is O=C(NCc1c(F)cccc1F)C1CN(CC2CCCO2)CC2C(=O)NNC12. The Bertz CT molecular complexity index is 736. The second-order valence-corrected chi connectivity index (χ2v) is 7.64. The van der Waals surface area contributed by atoms with E-state index >= 15 is 0 Å². The number of likely N-dealkylation sites (tertiary alicyclic amines) is 1. The molecule has 152 valence electrons. The molecule has 4 unspecified atom stereocenters. The monoisotopic (exact) mass is 394 g/mol. The third-order valence-corrected chi connectivity index (χ3v) is 5.80. The number of hydrogen-bond acceptors (Lipinski definition) is 5. The summed E-state index contributed by atoms with van der Waals surface area (Å²) >= 11 is 0. The number of fused-ring (bicyclic) bond motifs is 1. The first-order valence-corrected chi connectivity index (χ1v) is 9.63. The Morgan fingerprint density at radius 3 is 2.79 bits per heavy atom. The van der Waals surface area contributed by atoms with Gasteiger partial charge in [0.25, 0.3) is 0 Å². The zero-order valence-electron chi connectivity index (χ0n) is 15.4. The highest BCUT2D eigenvalue weighted by atomic mass is 19.1. The van der Waals surface area contributed by atoms with Gasteiger partial charge >= 0.3 is 0 Å². The van der Waals surface area contributed by atoms with Crippen molar-refractivity contribution in [3.05, 3.63) is 35.4 Å². The van der Waals surface area contributed by atoms with E-state index in [1.807, 2.05) is 0 Å². The highest BCUT2D eigenvalue weighted by molar-refractivity contribution is 5.86. The van der Waals surface area contributed by atoms with Crippen LogP contribution < -0.4 is 16.2 Å². The van der Waals surface area contributed by atoms with Crippen LogP contribution in [0.1, 0.15) is 18.4 Å². The molecule has 3 aliphatic rings. The van der Waals surface area contributed by atoms with E-state index < -0.39 is 17.6 Å². The van der Waals surface area contributed by atoms with Crippen molar-refractivity contribution in [3.8, 4) is 0 Å². The highest BCUT2D eigenvalue weighted by Gasteiger charge is 2.47. The first-order chi connectivity index (χ1) is 13.5. The molecule has 3 N–H and O–H groups in total. The summed E-state index contributed by atoms with van der Waals surface area (Å²) in [5.41, 5.74) is 5.34. The van der Waals surface area contributed by atoms with E-state index in [0.717, 1.165) is 31.6 Å². The average Bonchev–Trinajstić information content (AvgIpc) is 3.31. The van der Waals surface area contributed by atoms with Crippen LogP contribution in [0.2, 0.25) is 0 Å². The summed E-state index contributed by atoms with van der Waals surface area (Å²) in [6.07, 6.45) is 2.11. The molecule has 2 amide bonds. The van der Waals surface area contributed by atoms with E-state index in [2.05, 4.69) is 21.1 Å². The Morgan fingerprint density at radius 1 is 1.29 bits per heavy atom. The van der Waals surface area contributed by atoms with Crippen molar-refractivity contribution in [1.82, 2.24) is 21.1 Å². The standard InChI is InChI=1S/C19H24F2N4O3/c20-15-4-1-5-16(21)12(15)7-22-18(26)13-9-25(8-11-3-2-6-28-11)10-14-17(13)23-24-19(14)27/h1,4-5,11,13-14,17,23H,2-3,6-10H2,(H,22,26)(H,24,27). The molecule has 3 heterocycles. The first kappa shape index (κ1) is 19.2. The van der Waals surface area contributed by atoms with Gasteiger partial charge in [0.1, 0.15) is 11.6 Å². The molecule has 4 atom stereocenters. The normalized spacial score (nSPS) is 30.1. The molecule has 7 nitrogen and oxygen atoms in total. The van der Waals surface area contributed by atoms with E-state index in [1.54, 1.807) is 0 Å². The molecule has 9 heteroatoms. The average molecular weight is 394 g/mol. The van der Waals surface area contributed by atoms with E-state index in [0.29, 0.717) is 19.6 Å². The molecule has 3 aliphatic heterocycles. The van der Waals surface area contributed by atoms with Crippen LogP contribution in [-0.2, 0) is 20.9 Å². The number of rotatable bonds is 5. The highest BCUT2D eigenvalue weighted by Crippen LogP contribution is 2.27. The minimum Gasteiger partial charge on any atom is -0.377 e. The summed E-state index contributed by atoms with van der Waals surface area (Å²) in [7, 11) is 0. The van der Waals surface area contributed by atoms with Gasteiger partial charge in [0.15, 0.2) is 0 Å². The van der Waals surface area contributed by atoms with Gasteiger partial charge in [0, 0.05) is 38.3 Å². The summed E-state index contributed by atoms with van der Waals surface area (Å²) in [5, 5.41) is 2.64. The van der Waals surface area contributed by atoms with Crippen LogP contribution >= 0.6 is 0 Å². The first-order valence-electron chi connectivity index (χ1n) is 9.63. The van der Waals surface area contributed by atoms with Crippen LogP contribution in [0.15, 0.2) is 18.2 Å². The van der Waals surface area contributed by atoms with Gasteiger partial charge in [-0.25, -0.2) is 14.2 Å². The predicted octanol–water partition coefficient (Wildman–Crippen LogP) is 0.311. The van der Waals surface area contributed by atoms with Crippen molar-refractivity contribution in [1.29, 1.82) is 0 Å². The minimum absolute atomic E-state index is 0.116. The summed E-state index contributed by atoms with van der Waals surface area (Å²) in [5.74, 6) is -2.74. The lowest BCUT2D eigenvalue weighted by atomic mass is 9.83. The summed E-state index contributed by atoms with van der Waals surface area (Å²) in [4.78, 5) is 27.1. The number of carbonyl (C=O) groups is 2. The van der Waals surface area contributed by atoms with Crippen molar-refractivity contribution in [2.75, 3.05) is 26.2 Å². The van der Waals surface area contributed by atoms with Crippen LogP contribution in [0, 0.1) is 23.5 Å². The molecular formula is C19H24F2N4O3. The molecule has 3 fully saturated rings. The number of nitrogens with one attached hydrogen (secondary N) is 3. The Morgan fingerprint density at radius 2 is 2.07 bits per heavy atom. The Labute approximate surface area is 161 Å². The van der Waals surface area contributed by atoms with Gasteiger partial charge in [0.05, 0.1) is 24.0 Å². The largest absolute Gasteiger partial charge is 0.377 e. The predicted molar refractivity (Wildman–Crippen MR) is 95.7 cm³/mol. The van der Waals surface area contributed by atoms with Crippen LogP contribution in [0.5, 0.6) is 0 Å². The summed E-state index contributed by atoms with van der Waals surface area (Å²) < 4.78 is 33.3. The Hall–Kier alpha value is -2.10. The zero-order valence-corrected chi connectivity index (χ0v) is 15.4. The van der Waals surface area contributed by atoms with Gasteiger partial charge in [-0.05, 0) is 25.0 Å². The van der Waals surface area contributed by atoms with Crippen LogP contribution in [0.3, 0.4) is 0 Å². The smallest absolute Gasteiger partial charge is 0.240 e. The summed E-state index contributed by atoms with van der Waals surface area (Å²) in [6.45, 7) is 2.18. The molecule has 0 aliphatic carbocycles. The molecule has 0 aromatic heterocycles. The second kappa shape index (κ2) is 8.10. The van der Waals surface area contributed by atoms with Gasteiger partial charge in [-0.15, -0.1) is 0 Å². The van der Waals surface area contributed by atoms with E-state index in [9.17, 15) is 18.4 Å². The third-order valence-electron chi connectivity index (χ3n) is 5.80. The van der Waals surface area contributed by atoms with Gasteiger partial charge in [-0.3, -0.25) is 19.9 Å². The molecule has 4 rings (SSSR count). The maximum atomic E-state index is 13.8. The Balaban J connectivity index is 1.44. The van der Waals surface area contributed by atoms with Gasteiger partial charge in [0.2, 0.25) is 11.8 Å². The lowest BCUT2D eigenvalue weighted by molar-refractivity contribution is -0.130. The zero-order chi connectivity index (χ0) is 19.7. The van der Waals surface area contributed by atoms with Crippen molar-refractivity contribution in [3.63, 3.8) is 0 Å². The molecule has 1 aromatic rings. The molecule has 0 radical (unpaired) electrons. The molecule has 3 saturated heterocycles. The lowest BCUT2D eigenvalue weighted by Gasteiger charge is -2.39. The van der Waals surface area contributed by atoms with Gasteiger partial charge in [-0.1, -0.05) is 6.07 Å². The van der Waals surface area contributed by atoms with Crippen molar-refractivity contribution in [2.45, 2.75) is 31.5 Å². The number of piperidine rings is 1. The van der Waals surface area contributed by atoms with Crippen molar-refractivity contribution in [2.24, 2.45) is 11.8 Å². The maximum Gasteiger partial charge on any atom is 0.240 e. The van der Waals surface area contributed by atoms with Crippen LogP contribution in [-0.4, -0.2) is 55.1 Å². The fourth-order valence-electron chi connectivity index (χ4n) is 4.31. The van der Waals surface area contributed by atoms with Gasteiger partial charge in [-0.2, -0.15) is 0 Å². The lowest BCUT2D eigenvalue weighted by Crippen LogP contribution is -2.57. The van der Waals surface area contributed by atoms with Gasteiger partial charge < -0.3 is 10.1 Å². The van der Waals surface area contributed by atoms with E-state index in [1.165, 1.54) is 6.07 Å². The maximum absolute atomic E-state index is 13.8. The number of carbonyl (C=O) groups excluding carboxylic acids is 2. The molecule has 0 saturated carbocycles. The topological polar surface area (TPSA) is 82.7 Å². The van der Waals surface area contributed by atoms with Crippen molar-refractivity contribution >= 4 is 11.8 Å². The minimum atomic E-state index is -0.697. The number of hydrogen-bond donors (Lipinski definition) is 3. The molecule has 0 spiro atoms. The number of benzene rings is 1. The second-order valence-electron chi connectivity index (χ2n) is 7.64. The van der Waals surface area contributed by atoms with E-state index in [4.69, 9.17) is 4.74 Å². The van der Waals surface area contributed by atoms with Crippen molar-refractivity contribution < 1.29 is 23.1 Å². The number of ether oxygens (including phenoxy) is 1. The van der Waals surface area contributed by atoms with E-state index in [-0.39, 0.29) is 42.0 Å². The fraction of sp³-hybridized carbons (Fsp3) is 0.579. The van der Waals surface area contributed by atoms with Crippen LogP contribution in [0.4, 0.5) is 8.78 Å².